The third kappa shape index (κ3) is 4.77. The third-order valence-electron chi connectivity index (χ3n) is 4.18. The molecule has 2 aliphatic rings. The summed E-state index contributed by atoms with van der Waals surface area (Å²) in [7, 11) is 0. The van der Waals surface area contributed by atoms with Gasteiger partial charge in [-0.2, -0.15) is 11.8 Å². The van der Waals surface area contributed by atoms with Crippen molar-refractivity contribution in [1.82, 2.24) is 15.2 Å². The molecular weight excluding hydrogens is 470 g/mol. The molecule has 1 fully saturated rings. The van der Waals surface area contributed by atoms with Crippen molar-refractivity contribution in [3.05, 3.63) is 22.3 Å². The fourth-order valence-electron chi connectivity index (χ4n) is 2.93. The summed E-state index contributed by atoms with van der Waals surface area (Å²) in [5.41, 5.74) is 5.87. The Morgan fingerprint density at radius 3 is 2.77 bits per heavy atom. The first-order chi connectivity index (χ1) is 14.7. The number of carbonyl (C=O) groups excluding carboxylic acids is 2. The summed E-state index contributed by atoms with van der Waals surface area (Å²) in [4.78, 5) is 57.6. The molecule has 0 radical (unpaired) electrons. The van der Waals surface area contributed by atoms with Crippen molar-refractivity contribution in [1.29, 1.82) is 0 Å². The van der Waals surface area contributed by atoms with E-state index in [9.17, 15) is 24.3 Å². The number of nitrogens with zero attached hydrogens (tertiary/aromatic N) is 3. The van der Waals surface area contributed by atoms with E-state index in [1.165, 1.54) is 33.8 Å². The summed E-state index contributed by atoms with van der Waals surface area (Å²) in [5, 5.41) is 25.3. The number of nitrogens with two attached hydrogens (primary N) is 1. The SMILES string of the molecule is CSCC1=C(C(=O)O)N2C(=O)C(NC(=O)C(=NOCC(=O)O)c3csc(N)n3)[C@@H]2SC1. The number of carboxylic acid groups (broad SMARTS) is 2. The molecule has 0 spiro atoms. The summed E-state index contributed by atoms with van der Waals surface area (Å²) in [6.45, 7) is -0.782. The highest BCUT2D eigenvalue weighted by Crippen LogP contribution is 2.40. The number of aliphatic carboxylic acids is 2. The Bertz CT molecular complexity index is 992. The summed E-state index contributed by atoms with van der Waals surface area (Å²) >= 11 is 3.83. The lowest BCUT2D eigenvalue weighted by molar-refractivity contribution is -0.150. The molecule has 0 aromatic carbocycles. The minimum Gasteiger partial charge on any atom is -0.479 e. The average Bonchev–Trinajstić information content (AvgIpc) is 3.14. The van der Waals surface area contributed by atoms with E-state index >= 15 is 0 Å². The quantitative estimate of drug-likeness (QED) is 0.202. The molecular formula is C16H17N5O7S3. The number of nitrogen functional groups attached to an aromatic ring is 1. The van der Waals surface area contributed by atoms with Crippen LogP contribution in [0.5, 0.6) is 0 Å². The minimum atomic E-state index is -1.29. The van der Waals surface area contributed by atoms with Gasteiger partial charge < -0.3 is 26.1 Å². The molecule has 3 heterocycles. The number of aromatic nitrogens is 1. The molecule has 1 aromatic rings. The van der Waals surface area contributed by atoms with E-state index < -0.39 is 41.8 Å². The fraction of sp³-hybridized carbons (Fsp3) is 0.375. The van der Waals surface area contributed by atoms with Gasteiger partial charge in [0.05, 0.1) is 0 Å². The summed E-state index contributed by atoms with van der Waals surface area (Å²) in [6, 6.07) is -0.983. The zero-order valence-corrected chi connectivity index (χ0v) is 18.4. The van der Waals surface area contributed by atoms with Gasteiger partial charge in [-0.15, -0.1) is 23.1 Å². The van der Waals surface area contributed by atoms with Crippen LogP contribution < -0.4 is 11.1 Å². The normalized spacial score (nSPS) is 20.7. The van der Waals surface area contributed by atoms with E-state index in [0.29, 0.717) is 17.1 Å². The maximum atomic E-state index is 12.8. The van der Waals surface area contributed by atoms with E-state index in [0.717, 1.165) is 11.3 Å². The van der Waals surface area contributed by atoms with Gasteiger partial charge in [-0.3, -0.25) is 14.5 Å². The number of nitrogens with one attached hydrogen (secondary N) is 1. The predicted octanol–water partition coefficient (Wildman–Crippen LogP) is -0.368. The lowest BCUT2D eigenvalue weighted by atomic mass is 10.0. The predicted molar refractivity (Wildman–Crippen MR) is 115 cm³/mol. The van der Waals surface area contributed by atoms with Crippen molar-refractivity contribution in [2.45, 2.75) is 11.4 Å². The number of hydrogen-bond donors (Lipinski definition) is 4. The Labute approximate surface area is 187 Å². The highest BCUT2D eigenvalue weighted by Gasteiger charge is 2.54. The fourth-order valence-corrected chi connectivity index (χ4v) is 5.54. The molecule has 2 amide bonds. The van der Waals surface area contributed by atoms with Crippen molar-refractivity contribution >= 4 is 69.5 Å². The Kier molecular flexibility index (Phi) is 7.07. The van der Waals surface area contributed by atoms with Crippen molar-refractivity contribution < 1.29 is 34.2 Å². The maximum Gasteiger partial charge on any atom is 0.352 e. The number of fused-ring (bicyclic) bond motifs is 1. The smallest absolute Gasteiger partial charge is 0.352 e. The molecule has 31 heavy (non-hydrogen) atoms. The van der Waals surface area contributed by atoms with E-state index in [2.05, 4.69) is 20.3 Å². The molecule has 1 saturated heterocycles. The Balaban J connectivity index is 1.78. The van der Waals surface area contributed by atoms with Gasteiger partial charge in [0.15, 0.2) is 10.8 Å². The molecule has 0 saturated carbocycles. The summed E-state index contributed by atoms with van der Waals surface area (Å²) in [5.74, 6) is -3.00. The molecule has 3 rings (SSSR count). The Hall–Kier alpha value is -2.78. The van der Waals surface area contributed by atoms with Gasteiger partial charge in [0, 0.05) is 16.9 Å². The van der Waals surface area contributed by atoms with E-state index in [1.807, 2.05) is 6.26 Å². The number of rotatable bonds is 9. The van der Waals surface area contributed by atoms with Crippen LogP contribution in [0.2, 0.25) is 0 Å². The van der Waals surface area contributed by atoms with Crippen LogP contribution in [0, 0.1) is 0 Å². The summed E-state index contributed by atoms with van der Waals surface area (Å²) < 4.78 is 0. The van der Waals surface area contributed by atoms with Gasteiger partial charge in [0.1, 0.15) is 22.8 Å². The van der Waals surface area contributed by atoms with Crippen LogP contribution in [-0.2, 0) is 24.0 Å². The molecule has 0 aliphatic carbocycles. The monoisotopic (exact) mass is 487 g/mol. The zero-order valence-electron chi connectivity index (χ0n) is 15.9. The van der Waals surface area contributed by atoms with Gasteiger partial charge in [-0.05, 0) is 11.8 Å². The Morgan fingerprint density at radius 1 is 1.45 bits per heavy atom. The van der Waals surface area contributed by atoms with Crippen LogP contribution in [0.4, 0.5) is 5.13 Å². The van der Waals surface area contributed by atoms with Crippen LogP contribution in [0.1, 0.15) is 5.69 Å². The van der Waals surface area contributed by atoms with Crippen molar-refractivity contribution in [3.8, 4) is 0 Å². The molecule has 1 aromatic heterocycles. The number of carboxylic acids is 2. The third-order valence-corrected chi connectivity index (χ3v) is 6.83. The lowest BCUT2D eigenvalue weighted by Crippen LogP contribution is -2.71. The molecule has 2 atom stereocenters. The molecule has 0 bridgehead atoms. The van der Waals surface area contributed by atoms with Gasteiger partial charge in [0.2, 0.25) is 6.61 Å². The first-order valence-corrected chi connectivity index (χ1v) is 11.9. The molecule has 1 unspecified atom stereocenters. The number of amides is 2. The number of carbonyl (C=O) groups is 4. The molecule has 166 valence electrons. The maximum absolute atomic E-state index is 12.8. The largest absolute Gasteiger partial charge is 0.479 e. The molecule has 15 heteroatoms. The topological polar surface area (TPSA) is 185 Å². The molecule has 2 aliphatic heterocycles. The first kappa shape index (κ1) is 22.9. The van der Waals surface area contributed by atoms with Gasteiger partial charge in [-0.1, -0.05) is 5.16 Å². The number of thiazole rings is 1. The number of hydrogen-bond acceptors (Lipinski definition) is 11. The van der Waals surface area contributed by atoms with Crippen molar-refractivity contribution in [2.24, 2.45) is 5.16 Å². The summed E-state index contributed by atoms with van der Waals surface area (Å²) in [6.07, 6.45) is 1.84. The van der Waals surface area contributed by atoms with Crippen molar-refractivity contribution in [2.75, 3.05) is 30.1 Å². The highest BCUT2D eigenvalue weighted by molar-refractivity contribution is 8.00. The van der Waals surface area contributed by atoms with Crippen LogP contribution in [0.3, 0.4) is 0 Å². The van der Waals surface area contributed by atoms with Gasteiger partial charge >= 0.3 is 11.9 Å². The highest BCUT2D eigenvalue weighted by atomic mass is 32.2. The second kappa shape index (κ2) is 9.57. The second-order valence-corrected chi connectivity index (χ2v) is 9.09. The zero-order chi connectivity index (χ0) is 22.7. The first-order valence-electron chi connectivity index (χ1n) is 8.57. The van der Waals surface area contributed by atoms with Crippen LogP contribution in [0.25, 0.3) is 0 Å². The van der Waals surface area contributed by atoms with Crippen LogP contribution in [0.15, 0.2) is 21.8 Å². The van der Waals surface area contributed by atoms with E-state index in [-0.39, 0.29) is 22.2 Å². The van der Waals surface area contributed by atoms with Crippen LogP contribution in [-0.4, -0.2) is 85.3 Å². The number of oxime groups is 1. The Morgan fingerprint density at radius 2 is 2.19 bits per heavy atom. The molecule has 12 nitrogen and oxygen atoms in total. The number of β-lactam (4-membered cyclic amide) rings is 1. The van der Waals surface area contributed by atoms with Gasteiger partial charge in [0.25, 0.3) is 11.8 Å². The lowest BCUT2D eigenvalue weighted by Gasteiger charge is -2.49. The number of anilines is 1. The van der Waals surface area contributed by atoms with E-state index in [1.54, 1.807) is 0 Å². The second-order valence-electron chi connectivity index (χ2n) is 6.23. The number of thioether (sulfide) groups is 2. The van der Waals surface area contributed by atoms with Crippen molar-refractivity contribution in [3.63, 3.8) is 0 Å². The minimum absolute atomic E-state index is 0.0543. The molecule has 5 N–H and O–H groups in total. The van der Waals surface area contributed by atoms with Gasteiger partial charge in [-0.25, -0.2) is 14.6 Å². The van der Waals surface area contributed by atoms with Crippen LogP contribution >= 0.6 is 34.9 Å². The average molecular weight is 488 g/mol. The standard InChI is InChI=1S/C16H17N5O7S3/c1-29-3-6-4-30-14-10(13(25)21(14)11(6)15(26)27)19-12(24)9(20-28-2-8(22)23)7-5-31-16(17)18-7/h5,10,14H,2-4H2,1H3,(H2,17,18)(H,19,24)(H,22,23)(H,26,27)/t10?,14-/m0/s1. The van der Waals surface area contributed by atoms with E-state index in [4.69, 9.17) is 10.8 Å².